The van der Waals surface area contributed by atoms with Crippen molar-refractivity contribution in [3.05, 3.63) is 54.1 Å². The van der Waals surface area contributed by atoms with Gasteiger partial charge in [-0.25, -0.2) is 4.79 Å². The lowest BCUT2D eigenvalue weighted by Crippen LogP contribution is -2.35. The predicted octanol–water partition coefficient (Wildman–Crippen LogP) is 3.13. The van der Waals surface area contributed by atoms with Crippen LogP contribution in [0.3, 0.4) is 0 Å². The number of rotatable bonds is 6. The highest BCUT2D eigenvalue weighted by Gasteiger charge is 2.18. The number of benzene rings is 2. The van der Waals surface area contributed by atoms with Crippen LogP contribution in [0.15, 0.2) is 48.6 Å². The average molecular weight is 327 g/mol. The lowest BCUT2D eigenvalue weighted by Gasteiger charge is -2.20. The van der Waals surface area contributed by atoms with Gasteiger partial charge in [0.25, 0.3) is 5.91 Å². The molecule has 0 heterocycles. The number of esters is 1. The van der Waals surface area contributed by atoms with Crippen molar-refractivity contribution < 1.29 is 19.4 Å². The Morgan fingerprint density at radius 3 is 2.58 bits per heavy atom. The smallest absolute Gasteiger partial charge is 0.342 e. The number of likely N-dealkylation sites (N-methyl/N-ethyl adjacent to an activating group) is 1. The van der Waals surface area contributed by atoms with E-state index in [0.29, 0.717) is 18.5 Å². The maximum atomic E-state index is 12.2. The molecule has 2 aromatic rings. The Bertz CT molecular complexity index is 782. The minimum absolute atomic E-state index is 0.0458. The van der Waals surface area contributed by atoms with Gasteiger partial charge in [-0.3, -0.25) is 4.79 Å². The molecule has 0 atom stereocenters. The second-order valence-electron chi connectivity index (χ2n) is 5.62. The van der Waals surface area contributed by atoms with Crippen LogP contribution in [0.5, 0.6) is 5.75 Å². The lowest BCUT2D eigenvalue weighted by molar-refractivity contribution is -0.133. The molecule has 0 aliphatic heterocycles. The molecule has 0 bridgehead atoms. The van der Waals surface area contributed by atoms with Crippen molar-refractivity contribution in [2.75, 3.05) is 19.7 Å². The first-order valence-electron chi connectivity index (χ1n) is 7.74. The van der Waals surface area contributed by atoms with Crippen molar-refractivity contribution in [1.82, 2.24) is 4.90 Å². The number of amides is 1. The molecule has 24 heavy (non-hydrogen) atoms. The van der Waals surface area contributed by atoms with E-state index in [1.165, 1.54) is 6.07 Å². The molecule has 2 rings (SSSR count). The molecule has 0 radical (unpaired) electrons. The summed E-state index contributed by atoms with van der Waals surface area (Å²) in [6, 6.07) is 10.4. The van der Waals surface area contributed by atoms with Crippen molar-refractivity contribution in [3.63, 3.8) is 0 Å². The van der Waals surface area contributed by atoms with Gasteiger partial charge >= 0.3 is 5.97 Å². The van der Waals surface area contributed by atoms with Gasteiger partial charge in [0, 0.05) is 18.5 Å². The van der Waals surface area contributed by atoms with E-state index in [9.17, 15) is 14.7 Å². The van der Waals surface area contributed by atoms with E-state index >= 15 is 0 Å². The molecular weight excluding hydrogens is 306 g/mol. The number of aromatic hydroxyl groups is 1. The van der Waals surface area contributed by atoms with E-state index in [4.69, 9.17) is 4.74 Å². The molecule has 1 N–H and O–H groups in total. The summed E-state index contributed by atoms with van der Waals surface area (Å²) in [4.78, 5) is 25.8. The topological polar surface area (TPSA) is 66.8 Å². The number of carbonyl (C=O) groups is 2. The molecule has 5 heteroatoms. The highest BCUT2D eigenvalue weighted by atomic mass is 16.5. The van der Waals surface area contributed by atoms with E-state index in [1.54, 1.807) is 23.1 Å². The molecule has 0 aliphatic rings. The number of phenolic OH excluding ortho intramolecular Hbond substituents is 1. The fourth-order valence-electron chi connectivity index (χ4n) is 2.42. The first-order chi connectivity index (χ1) is 11.4. The quantitative estimate of drug-likeness (QED) is 0.654. The second-order valence-corrected chi connectivity index (χ2v) is 5.62. The minimum atomic E-state index is -0.724. The fourth-order valence-corrected chi connectivity index (χ4v) is 2.42. The van der Waals surface area contributed by atoms with Gasteiger partial charge in [0.1, 0.15) is 11.3 Å². The largest absolute Gasteiger partial charge is 0.506 e. The summed E-state index contributed by atoms with van der Waals surface area (Å²) in [7, 11) is 0. The Morgan fingerprint density at radius 2 is 1.92 bits per heavy atom. The molecule has 5 nitrogen and oxygen atoms in total. The molecule has 0 aromatic heterocycles. The Hall–Kier alpha value is -2.82. The number of phenols is 1. The zero-order chi connectivity index (χ0) is 17.7. The number of hydrogen-bond donors (Lipinski definition) is 1. The van der Waals surface area contributed by atoms with Crippen LogP contribution < -0.4 is 0 Å². The van der Waals surface area contributed by atoms with Crippen LogP contribution in [0.1, 0.15) is 24.2 Å². The molecule has 0 saturated heterocycles. The molecule has 0 unspecified atom stereocenters. The Labute approximate surface area is 141 Å². The van der Waals surface area contributed by atoms with Gasteiger partial charge in [0.05, 0.1) is 0 Å². The van der Waals surface area contributed by atoms with Gasteiger partial charge < -0.3 is 14.7 Å². The van der Waals surface area contributed by atoms with Crippen molar-refractivity contribution in [1.29, 1.82) is 0 Å². The highest BCUT2D eigenvalue weighted by molar-refractivity contribution is 6.01. The molecular formula is C19H21NO4. The van der Waals surface area contributed by atoms with Crippen LogP contribution in [-0.2, 0) is 9.53 Å². The van der Waals surface area contributed by atoms with Gasteiger partial charge in [-0.2, -0.15) is 0 Å². The molecule has 0 spiro atoms. The van der Waals surface area contributed by atoms with Gasteiger partial charge in [-0.15, -0.1) is 0 Å². The zero-order valence-electron chi connectivity index (χ0n) is 13.9. The number of hydrogen-bond acceptors (Lipinski definition) is 4. The number of carbonyl (C=O) groups excluding carboxylic acids is 2. The van der Waals surface area contributed by atoms with Crippen LogP contribution >= 0.6 is 0 Å². The Morgan fingerprint density at radius 1 is 1.21 bits per heavy atom. The summed E-state index contributed by atoms with van der Waals surface area (Å²) in [6.07, 6.45) is 0. The molecule has 126 valence electrons. The number of ether oxygens (including phenoxy) is 1. The van der Waals surface area contributed by atoms with Gasteiger partial charge in [0.2, 0.25) is 0 Å². The van der Waals surface area contributed by atoms with Crippen LogP contribution in [0.2, 0.25) is 0 Å². The van der Waals surface area contributed by atoms with Crippen LogP contribution in [-0.4, -0.2) is 41.6 Å². The van der Waals surface area contributed by atoms with Crippen molar-refractivity contribution in [2.45, 2.75) is 13.8 Å². The van der Waals surface area contributed by atoms with E-state index < -0.39 is 5.97 Å². The summed E-state index contributed by atoms with van der Waals surface area (Å²) >= 11 is 0. The number of fused-ring (bicyclic) bond motifs is 1. The van der Waals surface area contributed by atoms with Crippen molar-refractivity contribution in [2.24, 2.45) is 0 Å². The van der Waals surface area contributed by atoms with Gasteiger partial charge in [-0.05, 0) is 25.3 Å². The maximum absolute atomic E-state index is 12.2. The van der Waals surface area contributed by atoms with E-state index in [2.05, 4.69) is 6.58 Å². The molecule has 0 aliphatic carbocycles. The average Bonchev–Trinajstić information content (AvgIpc) is 2.57. The van der Waals surface area contributed by atoms with Gasteiger partial charge in [0.15, 0.2) is 6.61 Å². The predicted molar refractivity (Wildman–Crippen MR) is 93.0 cm³/mol. The molecule has 0 saturated carbocycles. The van der Waals surface area contributed by atoms with Crippen molar-refractivity contribution in [3.8, 4) is 5.75 Å². The second kappa shape index (κ2) is 7.64. The van der Waals surface area contributed by atoms with Crippen LogP contribution in [0.4, 0.5) is 0 Å². The summed E-state index contributed by atoms with van der Waals surface area (Å²) in [5, 5.41) is 11.6. The molecule has 2 aromatic carbocycles. The standard InChI is InChI=1S/C19H21NO4/c1-4-20(11-13(2)3)17(21)12-24-19(23)16-10-9-14-7-5-6-8-15(14)18(16)22/h5-10,22H,2,4,11-12H2,1,3H3. The molecule has 0 fully saturated rings. The first-order valence-corrected chi connectivity index (χ1v) is 7.74. The third-order valence-electron chi connectivity index (χ3n) is 3.64. The summed E-state index contributed by atoms with van der Waals surface area (Å²) in [5.74, 6) is -1.16. The highest BCUT2D eigenvalue weighted by Crippen LogP contribution is 2.28. The third-order valence-corrected chi connectivity index (χ3v) is 3.64. The zero-order valence-corrected chi connectivity index (χ0v) is 13.9. The lowest BCUT2D eigenvalue weighted by atomic mass is 10.1. The minimum Gasteiger partial charge on any atom is -0.506 e. The van der Waals surface area contributed by atoms with Crippen LogP contribution in [0, 0.1) is 0 Å². The number of nitrogens with zero attached hydrogens (tertiary/aromatic N) is 1. The van der Waals surface area contributed by atoms with E-state index in [-0.39, 0.29) is 23.8 Å². The summed E-state index contributed by atoms with van der Waals surface area (Å²) < 4.78 is 5.06. The Balaban J connectivity index is 2.09. The SMILES string of the molecule is C=C(C)CN(CC)C(=O)COC(=O)c1ccc2ccccc2c1O. The van der Waals surface area contributed by atoms with Crippen LogP contribution in [0.25, 0.3) is 10.8 Å². The maximum Gasteiger partial charge on any atom is 0.342 e. The summed E-state index contributed by atoms with van der Waals surface area (Å²) in [5.41, 5.74) is 0.896. The van der Waals surface area contributed by atoms with Crippen molar-refractivity contribution >= 4 is 22.6 Å². The van der Waals surface area contributed by atoms with E-state index in [0.717, 1.165) is 11.0 Å². The normalized spacial score (nSPS) is 10.4. The Kier molecular flexibility index (Phi) is 5.58. The first kappa shape index (κ1) is 17.5. The monoisotopic (exact) mass is 327 g/mol. The fraction of sp³-hybridized carbons (Fsp3) is 0.263. The summed E-state index contributed by atoms with van der Waals surface area (Å²) in [6.45, 7) is 8.01. The van der Waals surface area contributed by atoms with Gasteiger partial charge in [-0.1, -0.05) is 42.5 Å². The molecule has 1 amide bonds. The third kappa shape index (κ3) is 3.93. The van der Waals surface area contributed by atoms with E-state index in [1.807, 2.05) is 26.0 Å².